The molecule has 0 saturated heterocycles. The fourth-order valence-electron chi connectivity index (χ4n) is 3.37. The summed E-state index contributed by atoms with van der Waals surface area (Å²) >= 11 is 0. The fraction of sp³-hybridized carbons (Fsp3) is 0.0870. The van der Waals surface area contributed by atoms with Gasteiger partial charge in [0, 0.05) is 22.0 Å². The highest BCUT2D eigenvalue weighted by molar-refractivity contribution is 6.01. The summed E-state index contributed by atoms with van der Waals surface area (Å²) in [4.78, 5) is 0. The van der Waals surface area contributed by atoms with Crippen molar-refractivity contribution in [3.8, 4) is 17.1 Å². The van der Waals surface area contributed by atoms with Gasteiger partial charge in [0.1, 0.15) is 5.75 Å². The normalized spacial score (nSPS) is 11.1. The lowest BCUT2D eigenvalue weighted by molar-refractivity contribution is 0.415. The number of aromatic nitrogens is 4. The quantitative estimate of drug-likeness (QED) is 0.474. The molecule has 0 aliphatic heterocycles. The molecule has 29 heavy (non-hydrogen) atoms. The van der Waals surface area contributed by atoms with Crippen molar-refractivity contribution in [1.29, 1.82) is 0 Å². The summed E-state index contributed by atoms with van der Waals surface area (Å²) in [6, 6.07) is 24.1. The van der Waals surface area contributed by atoms with Crippen LogP contribution >= 0.6 is 0 Å². The van der Waals surface area contributed by atoms with Crippen LogP contribution in [0, 0.1) is 6.92 Å². The van der Waals surface area contributed by atoms with Gasteiger partial charge in [-0.2, -0.15) is 4.52 Å². The molecule has 1 N–H and O–H groups in total. The zero-order valence-corrected chi connectivity index (χ0v) is 16.1. The maximum atomic E-state index is 5.26. The Kier molecular flexibility index (Phi) is 4.09. The lowest BCUT2D eigenvalue weighted by Crippen LogP contribution is -2.02. The van der Waals surface area contributed by atoms with E-state index in [1.165, 1.54) is 5.56 Å². The van der Waals surface area contributed by atoms with E-state index in [9.17, 15) is 0 Å². The van der Waals surface area contributed by atoms with Crippen molar-refractivity contribution < 1.29 is 4.74 Å². The number of nitrogens with one attached hydrogen (secondary N) is 1. The van der Waals surface area contributed by atoms with E-state index in [0.717, 1.165) is 39.2 Å². The van der Waals surface area contributed by atoms with Crippen LogP contribution in [0.5, 0.6) is 5.75 Å². The molecule has 0 aliphatic carbocycles. The van der Waals surface area contributed by atoms with Gasteiger partial charge in [-0.15, -0.1) is 15.3 Å². The number of nitrogens with zero attached hydrogens (tertiary/aromatic N) is 4. The molecule has 0 fully saturated rings. The molecule has 6 heteroatoms. The molecule has 0 radical (unpaired) electrons. The maximum absolute atomic E-state index is 5.26. The van der Waals surface area contributed by atoms with Gasteiger partial charge in [-0.3, -0.25) is 0 Å². The van der Waals surface area contributed by atoms with E-state index in [1.54, 1.807) is 11.6 Å². The number of fused-ring (bicyclic) bond motifs is 3. The highest BCUT2D eigenvalue weighted by atomic mass is 16.5. The van der Waals surface area contributed by atoms with Crippen molar-refractivity contribution in [2.45, 2.75) is 6.92 Å². The minimum atomic E-state index is 0.681. The van der Waals surface area contributed by atoms with Crippen molar-refractivity contribution in [3.63, 3.8) is 0 Å². The minimum Gasteiger partial charge on any atom is -0.497 e. The van der Waals surface area contributed by atoms with Crippen LogP contribution in [0.4, 0.5) is 11.5 Å². The SMILES string of the molecule is COc1ccc(-c2nnc3c4ccccc4c(Nc4ccc(C)cc4)nn23)cc1. The van der Waals surface area contributed by atoms with E-state index >= 15 is 0 Å². The standard InChI is InChI=1S/C23H19N5O/c1-15-7-11-17(12-8-15)24-21-19-5-3-4-6-20(19)23-26-25-22(28(23)27-21)16-9-13-18(29-2)14-10-16/h3-14H,1-2H3,(H,24,27). The smallest absolute Gasteiger partial charge is 0.186 e. The Balaban J connectivity index is 1.69. The van der Waals surface area contributed by atoms with Crippen LogP contribution in [0.2, 0.25) is 0 Å². The van der Waals surface area contributed by atoms with Crippen LogP contribution in [-0.2, 0) is 0 Å². The van der Waals surface area contributed by atoms with Crippen LogP contribution in [0.1, 0.15) is 5.56 Å². The average Bonchev–Trinajstić information content (AvgIpc) is 3.19. The number of hydrogen-bond donors (Lipinski definition) is 1. The molecule has 0 unspecified atom stereocenters. The molecule has 0 amide bonds. The highest BCUT2D eigenvalue weighted by Crippen LogP contribution is 2.29. The van der Waals surface area contributed by atoms with Crippen LogP contribution < -0.4 is 10.1 Å². The maximum Gasteiger partial charge on any atom is 0.186 e. The lowest BCUT2D eigenvalue weighted by atomic mass is 10.1. The zero-order chi connectivity index (χ0) is 19.8. The Morgan fingerprint density at radius 1 is 0.828 bits per heavy atom. The first-order chi connectivity index (χ1) is 14.2. The Morgan fingerprint density at radius 2 is 1.55 bits per heavy atom. The third kappa shape index (κ3) is 3.04. The van der Waals surface area contributed by atoms with Gasteiger partial charge in [-0.05, 0) is 43.3 Å². The number of anilines is 2. The number of methoxy groups -OCH3 is 1. The van der Waals surface area contributed by atoms with Crippen molar-refractivity contribution in [1.82, 2.24) is 19.8 Å². The summed E-state index contributed by atoms with van der Waals surface area (Å²) in [7, 11) is 1.65. The van der Waals surface area contributed by atoms with Crippen LogP contribution in [0.25, 0.3) is 27.8 Å². The number of hydrogen-bond acceptors (Lipinski definition) is 5. The second-order valence-electron chi connectivity index (χ2n) is 6.87. The molecular weight excluding hydrogens is 362 g/mol. The lowest BCUT2D eigenvalue weighted by Gasteiger charge is -2.11. The van der Waals surface area contributed by atoms with Gasteiger partial charge in [0.05, 0.1) is 7.11 Å². The molecule has 5 rings (SSSR count). The van der Waals surface area contributed by atoms with Crippen LogP contribution in [0.15, 0.2) is 72.8 Å². The highest BCUT2D eigenvalue weighted by Gasteiger charge is 2.15. The van der Waals surface area contributed by atoms with Crippen LogP contribution in [-0.4, -0.2) is 26.9 Å². The van der Waals surface area contributed by atoms with Crippen molar-refractivity contribution in [2.75, 3.05) is 12.4 Å². The second-order valence-corrected chi connectivity index (χ2v) is 6.87. The first-order valence-corrected chi connectivity index (χ1v) is 9.35. The molecule has 0 aliphatic rings. The molecule has 0 bridgehead atoms. The summed E-state index contributed by atoms with van der Waals surface area (Å²) in [5.41, 5.74) is 3.83. The summed E-state index contributed by atoms with van der Waals surface area (Å²) in [6.07, 6.45) is 0. The monoisotopic (exact) mass is 381 g/mol. The molecule has 2 aromatic heterocycles. The molecule has 6 nitrogen and oxygen atoms in total. The van der Waals surface area contributed by atoms with Gasteiger partial charge >= 0.3 is 0 Å². The topological polar surface area (TPSA) is 64.3 Å². The molecule has 3 aromatic carbocycles. The van der Waals surface area contributed by atoms with Gasteiger partial charge in [0.15, 0.2) is 17.3 Å². The van der Waals surface area contributed by atoms with Gasteiger partial charge < -0.3 is 10.1 Å². The molecule has 0 saturated carbocycles. The summed E-state index contributed by atoms with van der Waals surface area (Å²) in [5, 5.41) is 19.1. The van der Waals surface area contributed by atoms with Crippen LogP contribution in [0.3, 0.4) is 0 Å². The van der Waals surface area contributed by atoms with Gasteiger partial charge in [0.25, 0.3) is 0 Å². The van der Waals surface area contributed by atoms with Crippen molar-refractivity contribution >= 4 is 27.9 Å². The predicted molar refractivity (Wildman–Crippen MR) is 115 cm³/mol. The molecule has 5 aromatic rings. The van der Waals surface area contributed by atoms with E-state index in [-0.39, 0.29) is 0 Å². The molecule has 0 atom stereocenters. The Hall–Kier alpha value is -3.93. The minimum absolute atomic E-state index is 0.681. The summed E-state index contributed by atoms with van der Waals surface area (Å²) < 4.78 is 7.05. The summed E-state index contributed by atoms with van der Waals surface area (Å²) in [6.45, 7) is 2.07. The Bertz CT molecular complexity index is 1310. The zero-order valence-electron chi connectivity index (χ0n) is 16.1. The molecule has 2 heterocycles. The van der Waals surface area contributed by atoms with E-state index < -0.39 is 0 Å². The first-order valence-electron chi connectivity index (χ1n) is 9.35. The number of rotatable bonds is 4. The number of aryl methyl sites for hydroxylation is 1. The number of benzene rings is 3. The van der Waals surface area contributed by atoms with E-state index in [1.807, 2.05) is 60.7 Å². The fourth-order valence-corrected chi connectivity index (χ4v) is 3.37. The summed E-state index contributed by atoms with van der Waals surface area (Å²) in [5.74, 6) is 2.23. The van der Waals surface area contributed by atoms with Gasteiger partial charge in [-0.1, -0.05) is 42.0 Å². The largest absolute Gasteiger partial charge is 0.497 e. The number of ether oxygens (including phenoxy) is 1. The predicted octanol–water partition coefficient (Wildman–Crippen LogP) is 5.01. The van der Waals surface area contributed by atoms with Gasteiger partial charge in [0.2, 0.25) is 0 Å². The first kappa shape index (κ1) is 17.2. The Labute approximate surface area is 167 Å². The van der Waals surface area contributed by atoms with E-state index in [2.05, 4.69) is 34.6 Å². The van der Waals surface area contributed by atoms with Gasteiger partial charge in [-0.25, -0.2) is 0 Å². The average molecular weight is 381 g/mol. The van der Waals surface area contributed by atoms with Crippen molar-refractivity contribution in [3.05, 3.63) is 78.4 Å². The third-order valence-electron chi connectivity index (χ3n) is 4.93. The Morgan fingerprint density at radius 3 is 2.28 bits per heavy atom. The van der Waals surface area contributed by atoms with Crippen molar-refractivity contribution in [2.24, 2.45) is 0 Å². The van der Waals surface area contributed by atoms with E-state index in [4.69, 9.17) is 9.84 Å². The molecular formula is C23H19N5O. The second kappa shape index (κ2) is 6.91. The van der Waals surface area contributed by atoms with E-state index in [0.29, 0.717) is 5.82 Å². The molecule has 142 valence electrons. The molecule has 0 spiro atoms. The third-order valence-corrected chi connectivity index (χ3v) is 4.93.